The normalized spacial score (nSPS) is 23.6. The molecule has 1 heterocycles. The van der Waals surface area contributed by atoms with Gasteiger partial charge in [-0.2, -0.15) is 0 Å². The van der Waals surface area contributed by atoms with Crippen molar-refractivity contribution in [2.45, 2.75) is 26.7 Å². The average molecular weight is 213 g/mol. The molecule has 0 amide bonds. The fourth-order valence-corrected chi connectivity index (χ4v) is 2.07. The standard InChI is InChI=1S/C12H27N3/c1-12(2,9-13)10-14-6-4-11-5-7-15(3)8-11/h11,14H,4-10,13H2,1-3H3. The van der Waals surface area contributed by atoms with E-state index in [0.717, 1.165) is 25.6 Å². The molecule has 1 aliphatic heterocycles. The van der Waals surface area contributed by atoms with Gasteiger partial charge in [-0.1, -0.05) is 13.8 Å². The van der Waals surface area contributed by atoms with Crippen LogP contribution in [0.15, 0.2) is 0 Å². The molecule has 1 atom stereocenters. The van der Waals surface area contributed by atoms with Crippen LogP contribution >= 0.6 is 0 Å². The smallest absolute Gasteiger partial charge is 0.00146 e. The lowest BCUT2D eigenvalue weighted by molar-refractivity contribution is 0.339. The molecule has 0 spiro atoms. The number of nitrogens with zero attached hydrogens (tertiary/aromatic N) is 1. The van der Waals surface area contributed by atoms with Crippen molar-refractivity contribution in [3.63, 3.8) is 0 Å². The maximum absolute atomic E-state index is 5.68. The molecular weight excluding hydrogens is 186 g/mol. The lowest BCUT2D eigenvalue weighted by Crippen LogP contribution is -2.36. The van der Waals surface area contributed by atoms with Crippen LogP contribution in [0.5, 0.6) is 0 Å². The van der Waals surface area contributed by atoms with Crippen LogP contribution in [0.1, 0.15) is 26.7 Å². The van der Waals surface area contributed by atoms with E-state index < -0.39 is 0 Å². The Bertz CT molecular complexity index is 180. The average Bonchev–Trinajstić information content (AvgIpc) is 2.59. The summed E-state index contributed by atoms with van der Waals surface area (Å²) in [7, 11) is 2.21. The lowest BCUT2D eigenvalue weighted by Gasteiger charge is -2.23. The number of likely N-dealkylation sites (tertiary alicyclic amines) is 1. The highest BCUT2D eigenvalue weighted by Crippen LogP contribution is 2.17. The fourth-order valence-electron chi connectivity index (χ4n) is 2.07. The van der Waals surface area contributed by atoms with E-state index in [4.69, 9.17) is 5.73 Å². The van der Waals surface area contributed by atoms with E-state index in [9.17, 15) is 0 Å². The summed E-state index contributed by atoms with van der Waals surface area (Å²) in [6.45, 7) is 9.91. The molecule has 3 N–H and O–H groups in total. The van der Waals surface area contributed by atoms with Gasteiger partial charge < -0.3 is 16.0 Å². The minimum atomic E-state index is 0.243. The highest BCUT2D eigenvalue weighted by Gasteiger charge is 2.19. The number of rotatable bonds is 6. The zero-order valence-corrected chi connectivity index (χ0v) is 10.6. The summed E-state index contributed by atoms with van der Waals surface area (Å²) in [6, 6.07) is 0. The SMILES string of the molecule is CN1CCC(CCNCC(C)(C)CN)C1. The first-order valence-corrected chi connectivity index (χ1v) is 6.13. The van der Waals surface area contributed by atoms with Crippen molar-refractivity contribution in [1.82, 2.24) is 10.2 Å². The molecule has 1 fully saturated rings. The fraction of sp³-hybridized carbons (Fsp3) is 1.00. The van der Waals surface area contributed by atoms with E-state index in [0.29, 0.717) is 0 Å². The van der Waals surface area contributed by atoms with Crippen LogP contribution in [-0.2, 0) is 0 Å². The van der Waals surface area contributed by atoms with Gasteiger partial charge in [0.15, 0.2) is 0 Å². The molecule has 3 heteroatoms. The summed E-state index contributed by atoms with van der Waals surface area (Å²) in [5, 5.41) is 3.52. The van der Waals surface area contributed by atoms with E-state index in [2.05, 4.69) is 31.1 Å². The molecule has 1 unspecified atom stereocenters. The zero-order valence-electron chi connectivity index (χ0n) is 10.6. The van der Waals surface area contributed by atoms with Gasteiger partial charge in [0.05, 0.1) is 0 Å². The maximum Gasteiger partial charge on any atom is 0.00146 e. The summed E-state index contributed by atoms with van der Waals surface area (Å²) in [6.07, 6.45) is 2.68. The van der Waals surface area contributed by atoms with Crippen LogP contribution in [0, 0.1) is 11.3 Å². The van der Waals surface area contributed by atoms with Gasteiger partial charge in [-0.15, -0.1) is 0 Å². The van der Waals surface area contributed by atoms with E-state index in [-0.39, 0.29) is 5.41 Å². The zero-order chi connectivity index (χ0) is 11.3. The van der Waals surface area contributed by atoms with Gasteiger partial charge in [-0.3, -0.25) is 0 Å². The second-order valence-electron chi connectivity index (χ2n) is 5.75. The van der Waals surface area contributed by atoms with Crippen molar-refractivity contribution < 1.29 is 0 Å². The van der Waals surface area contributed by atoms with Crippen LogP contribution in [0.3, 0.4) is 0 Å². The Morgan fingerprint density at radius 3 is 2.73 bits per heavy atom. The van der Waals surface area contributed by atoms with Gasteiger partial charge in [-0.05, 0) is 50.9 Å². The second-order valence-corrected chi connectivity index (χ2v) is 5.75. The molecule has 1 aliphatic rings. The van der Waals surface area contributed by atoms with Crippen molar-refractivity contribution in [2.24, 2.45) is 17.1 Å². The van der Waals surface area contributed by atoms with Gasteiger partial charge in [-0.25, -0.2) is 0 Å². The maximum atomic E-state index is 5.68. The molecule has 0 aromatic rings. The Morgan fingerprint density at radius 1 is 1.47 bits per heavy atom. The molecule has 1 saturated heterocycles. The summed E-state index contributed by atoms with van der Waals surface area (Å²) >= 11 is 0. The summed E-state index contributed by atoms with van der Waals surface area (Å²) in [5.41, 5.74) is 5.92. The third-order valence-corrected chi connectivity index (χ3v) is 3.37. The van der Waals surface area contributed by atoms with Gasteiger partial charge in [0.2, 0.25) is 0 Å². The molecule has 3 nitrogen and oxygen atoms in total. The first-order valence-electron chi connectivity index (χ1n) is 6.13. The molecule has 0 aromatic heterocycles. The van der Waals surface area contributed by atoms with Crippen molar-refractivity contribution in [3.8, 4) is 0 Å². The van der Waals surface area contributed by atoms with Crippen molar-refractivity contribution >= 4 is 0 Å². The Kier molecular flexibility index (Phi) is 5.03. The molecule has 0 saturated carbocycles. The van der Waals surface area contributed by atoms with E-state index in [1.807, 2.05) is 0 Å². The third-order valence-electron chi connectivity index (χ3n) is 3.37. The number of hydrogen-bond donors (Lipinski definition) is 2. The Balaban J connectivity index is 2.02. The third kappa shape index (κ3) is 4.96. The van der Waals surface area contributed by atoms with Crippen LogP contribution in [-0.4, -0.2) is 44.7 Å². The molecule has 90 valence electrons. The largest absolute Gasteiger partial charge is 0.330 e. The minimum Gasteiger partial charge on any atom is -0.330 e. The minimum absolute atomic E-state index is 0.243. The Labute approximate surface area is 94.4 Å². The molecule has 0 bridgehead atoms. The molecule has 0 aliphatic carbocycles. The van der Waals surface area contributed by atoms with Crippen LogP contribution in [0.25, 0.3) is 0 Å². The van der Waals surface area contributed by atoms with Crippen molar-refractivity contribution in [1.29, 1.82) is 0 Å². The topological polar surface area (TPSA) is 41.3 Å². The van der Waals surface area contributed by atoms with Gasteiger partial charge >= 0.3 is 0 Å². The number of nitrogens with two attached hydrogens (primary N) is 1. The molecule has 0 aromatic carbocycles. The van der Waals surface area contributed by atoms with E-state index >= 15 is 0 Å². The lowest BCUT2D eigenvalue weighted by atomic mass is 9.94. The quantitative estimate of drug-likeness (QED) is 0.644. The Hall–Kier alpha value is -0.120. The van der Waals surface area contributed by atoms with Crippen LogP contribution in [0.2, 0.25) is 0 Å². The molecule has 0 radical (unpaired) electrons. The first-order chi connectivity index (χ1) is 7.03. The molecule has 15 heavy (non-hydrogen) atoms. The molecular formula is C12H27N3. The second kappa shape index (κ2) is 5.83. The van der Waals surface area contributed by atoms with Crippen LogP contribution in [0.4, 0.5) is 0 Å². The van der Waals surface area contributed by atoms with Crippen molar-refractivity contribution in [3.05, 3.63) is 0 Å². The highest BCUT2D eigenvalue weighted by atomic mass is 15.1. The Morgan fingerprint density at radius 2 is 2.20 bits per heavy atom. The summed E-state index contributed by atoms with van der Waals surface area (Å²) < 4.78 is 0. The van der Waals surface area contributed by atoms with Gasteiger partial charge in [0.25, 0.3) is 0 Å². The van der Waals surface area contributed by atoms with E-state index in [1.165, 1.54) is 25.9 Å². The highest BCUT2D eigenvalue weighted by molar-refractivity contribution is 4.75. The molecule has 1 rings (SSSR count). The summed E-state index contributed by atoms with van der Waals surface area (Å²) in [5.74, 6) is 0.906. The monoisotopic (exact) mass is 213 g/mol. The van der Waals surface area contributed by atoms with Gasteiger partial charge in [0.1, 0.15) is 0 Å². The van der Waals surface area contributed by atoms with Crippen molar-refractivity contribution in [2.75, 3.05) is 39.8 Å². The predicted molar refractivity (Wildman–Crippen MR) is 65.9 cm³/mol. The number of nitrogens with one attached hydrogen (secondary N) is 1. The summed E-state index contributed by atoms with van der Waals surface area (Å²) in [4.78, 5) is 2.43. The van der Waals surface area contributed by atoms with E-state index in [1.54, 1.807) is 0 Å². The predicted octanol–water partition coefficient (Wildman–Crippen LogP) is 0.903. The van der Waals surface area contributed by atoms with Gasteiger partial charge in [0, 0.05) is 13.1 Å². The number of hydrogen-bond acceptors (Lipinski definition) is 3. The van der Waals surface area contributed by atoms with Crippen LogP contribution < -0.4 is 11.1 Å². The first kappa shape index (κ1) is 12.9.